The van der Waals surface area contributed by atoms with Crippen molar-refractivity contribution in [2.45, 2.75) is 31.7 Å². The summed E-state index contributed by atoms with van der Waals surface area (Å²) in [4.78, 5) is 27.9. The van der Waals surface area contributed by atoms with Gasteiger partial charge in [-0.2, -0.15) is 5.10 Å². The molecule has 3 heterocycles. The minimum absolute atomic E-state index is 0.0677. The molecular weight excluding hydrogens is 386 g/mol. The van der Waals surface area contributed by atoms with E-state index in [1.807, 2.05) is 31.3 Å². The van der Waals surface area contributed by atoms with Crippen molar-refractivity contribution in [3.63, 3.8) is 0 Å². The molecule has 30 heavy (non-hydrogen) atoms. The predicted octanol–water partition coefficient (Wildman–Crippen LogP) is 0.347. The molecular formula is C20H23N7O3. The fraction of sp³-hybridized carbons (Fsp3) is 0.350. The predicted molar refractivity (Wildman–Crippen MR) is 108 cm³/mol. The highest BCUT2D eigenvalue weighted by atomic mass is 16.3. The largest absolute Gasteiger partial charge is 0.396 e. The number of rotatable bonds is 6. The van der Waals surface area contributed by atoms with Crippen molar-refractivity contribution in [3.05, 3.63) is 58.9 Å². The molecule has 1 unspecified atom stereocenters. The molecule has 3 aromatic rings. The van der Waals surface area contributed by atoms with Crippen LogP contribution >= 0.6 is 0 Å². The molecule has 4 rings (SSSR count). The summed E-state index contributed by atoms with van der Waals surface area (Å²) >= 11 is 0. The van der Waals surface area contributed by atoms with Gasteiger partial charge in [-0.25, -0.2) is 0 Å². The van der Waals surface area contributed by atoms with Gasteiger partial charge in [0.15, 0.2) is 0 Å². The van der Waals surface area contributed by atoms with Crippen molar-refractivity contribution in [1.82, 2.24) is 30.3 Å². The Morgan fingerprint density at radius 1 is 1.27 bits per heavy atom. The fourth-order valence-corrected chi connectivity index (χ4v) is 3.49. The molecule has 10 nitrogen and oxygen atoms in total. The van der Waals surface area contributed by atoms with E-state index >= 15 is 0 Å². The number of aryl methyl sites for hydroxylation is 1. The molecule has 4 N–H and O–H groups in total. The molecule has 2 aromatic heterocycles. The summed E-state index contributed by atoms with van der Waals surface area (Å²) in [6.45, 7) is 0.113. The number of nitrogens with zero attached hydrogens (tertiary/aromatic N) is 4. The maximum Gasteiger partial charge on any atom is 0.289 e. The second-order valence-corrected chi connectivity index (χ2v) is 7.27. The molecule has 0 bridgehead atoms. The van der Waals surface area contributed by atoms with Gasteiger partial charge in [0.05, 0.1) is 17.6 Å². The van der Waals surface area contributed by atoms with Gasteiger partial charge in [0.2, 0.25) is 11.7 Å². The molecule has 2 amide bonds. The zero-order valence-corrected chi connectivity index (χ0v) is 16.6. The van der Waals surface area contributed by atoms with E-state index in [1.165, 1.54) is 0 Å². The molecule has 1 atom stereocenters. The number of aromatic nitrogens is 5. The Bertz CT molecular complexity index is 1050. The third-order valence-electron chi connectivity index (χ3n) is 5.15. The number of benzene rings is 1. The second kappa shape index (κ2) is 8.46. The summed E-state index contributed by atoms with van der Waals surface area (Å²) in [7, 11) is 1.82. The van der Waals surface area contributed by atoms with E-state index in [0.29, 0.717) is 37.2 Å². The van der Waals surface area contributed by atoms with Crippen LogP contribution < -0.4 is 10.6 Å². The SMILES string of the molecule is Cn1ncc2c1CCC(NC(=O)c1nnc(Cc3ccc(CCO)cc3)[nH]1)C(=O)N2. The van der Waals surface area contributed by atoms with Gasteiger partial charge in [0.25, 0.3) is 5.91 Å². The van der Waals surface area contributed by atoms with E-state index in [-0.39, 0.29) is 18.3 Å². The zero-order valence-electron chi connectivity index (χ0n) is 16.6. The number of fused-ring (bicyclic) bond motifs is 1. The summed E-state index contributed by atoms with van der Waals surface area (Å²) in [6.07, 6.45) is 3.79. The third kappa shape index (κ3) is 4.23. The van der Waals surface area contributed by atoms with Crippen molar-refractivity contribution in [3.8, 4) is 0 Å². The summed E-state index contributed by atoms with van der Waals surface area (Å²) < 4.78 is 1.72. The smallest absolute Gasteiger partial charge is 0.289 e. The second-order valence-electron chi connectivity index (χ2n) is 7.27. The number of aliphatic hydroxyl groups is 1. The van der Waals surface area contributed by atoms with Crippen molar-refractivity contribution < 1.29 is 14.7 Å². The lowest BCUT2D eigenvalue weighted by Crippen LogP contribution is -2.43. The summed E-state index contributed by atoms with van der Waals surface area (Å²) in [5, 5.41) is 26.6. The lowest BCUT2D eigenvalue weighted by molar-refractivity contribution is -0.118. The molecule has 156 valence electrons. The van der Waals surface area contributed by atoms with Crippen LogP contribution in [0, 0.1) is 0 Å². The van der Waals surface area contributed by atoms with Crippen LogP contribution in [-0.4, -0.2) is 54.5 Å². The van der Waals surface area contributed by atoms with Crippen molar-refractivity contribution in [1.29, 1.82) is 0 Å². The van der Waals surface area contributed by atoms with Gasteiger partial charge >= 0.3 is 0 Å². The van der Waals surface area contributed by atoms with E-state index in [4.69, 9.17) is 5.11 Å². The van der Waals surface area contributed by atoms with Gasteiger partial charge in [-0.3, -0.25) is 14.3 Å². The number of carbonyl (C=O) groups is 2. The maximum atomic E-state index is 12.6. The van der Waals surface area contributed by atoms with E-state index in [1.54, 1.807) is 10.9 Å². The van der Waals surface area contributed by atoms with Crippen LogP contribution in [0.3, 0.4) is 0 Å². The Morgan fingerprint density at radius 2 is 2.03 bits per heavy atom. The van der Waals surface area contributed by atoms with Gasteiger partial charge < -0.3 is 20.7 Å². The molecule has 1 aromatic carbocycles. The molecule has 1 aliphatic rings. The van der Waals surface area contributed by atoms with E-state index in [0.717, 1.165) is 16.8 Å². The number of hydrogen-bond donors (Lipinski definition) is 4. The molecule has 0 saturated heterocycles. The number of amides is 2. The van der Waals surface area contributed by atoms with Crippen LogP contribution in [-0.2, 0) is 31.1 Å². The highest BCUT2D eigenvalue weighted by molar-refractivity contribution is 6.00. The van der Waals surface area contributed by atoms with Crippen molar-refractivity contribution >= 4 is 17.5 Å². The number of H-pyrrole nitrogens is 1. The number of anilines is 1. The Morgan fingerprint density at radius 3 is 2.80 bits per heavy atom. The van der Waals surface area contributed by atoms with Gasteiger partial charge in [0.1, 0.15) is 11.9 Å². The fourth-order valence-electron chi connectivity index (χ4n) is 3.49. The number of aliphatic hydroxyl groups excluding tert-OH is 1. The topological polar surface area (TPSA) is 138 Å². The Hall–Kier alpha value is -3.53. The third-order valence-corrected chi connectivity index (χ3v) is 5.15. The highest BCUT2D eigenvalue weighted by Gasteiger charge is 2.28. The van der Waals surface area contributed by atoms with Crippen molar-refractivity contribution in [2.75, 3.05) is 11.9 Å². The number of carbonyl (C=O) groups excluding carboxylic acids is 2. The molecule has 0 radical (unpaired) electrons. The van der Waals surface area contributed by atoms with Gasteiger partial charge in [0, 0.05) is 20.1 Å². The van der Waals surface area contributed by atoms with Crippen LogP contribution in [0.5, 0.6) is 0 Å². The molecule has 0 saturated carbocycles. The van der Waals surface area contributed by atoms with Gasteiger partial charge in [-0.05, 0) is 30.4 Å². The Balaban J connectivity index is 1.37. The molecule has 0 spiro atoms. The van der Waals surface area contributed by atoms with Gasteiger partial charge in [-0.1, -0.05) is 24.3 Å². The average Bonchev–Trinajstić information content (AvgIpc) is 3.30. The quantitative estimate of drug-likeness (QED) is 0.463. The normalized spacial score (nSPS) is 15.9. The minimum atomic E-state index is -0.669. The van der Waals surface area contributed by atoms with Gasteiger partial charge in [-0.15, -0.1) is 10.2 Å². The molecule has 1 aliphatic heterocycles. The van der Waals surface area contributed by atoms with Crippen LogP contribution in [0.25, 0.3) is 0 Å². The van der Waals surface area contributed by atoms with Crippen LogP contribution in [0.15, 0.2) is 30.5 Å². The first-order valence-corrected chi connectivity index (χ1v) is 9.76. The average molecular weight is 409 g/mol. The Kier molecular flexibility index (Phi) is 5.57. The summed E-state index contributed by atoms with van der Waals surface area (Å²) in [6, 6.07) is 7.14. The number of aromatic amines is 1. The molecule has 0 fully saturated rings. The number of nitrogens with one attached hydrogen (secondary N) is 3. The van der Waals surface area contributed by atoms with E-state index in [2.05, 4.69) is 30.9 Å². The summed E-state index contributed by atoms with van der Waals surface area (Å²) in [5.41, 5.74) is 3.66. The zero-order chi connectivity index (χ0) is 21.1. The first-order chi connectivity index (χ1) is 14.5. The lowest BCUT2D eigenvalue weighted by Gasteiger charge is -2.14. The minimum Gasteiger partial charge on any atom is -0.396 e. The summed E-state index contributed by atoms with van der Waals surface area (Å²) in [5.74, 6) is -0.133. The first-order valence-electron chi connectivity index (χ1n) is 9.76. The highest BCUT2D eigenvalue weighted by Crippen LogP contribution is 2.21. The molecule has 10 heteroatoms. The van der Waals surface area contributed by atoms with E-state index in [9.17, 15) is 9.59 Å². The van der Waals surface area contributed by atoms with Crippen LogP contribution in [0.1, 0.15) is 39.7 Å². The van der Waals surface area contributed by atoms with Crippen LogP contribution in [0.4, 0.5) is 5.69 Å². The maximum absolute atomic E-state index is 12.6. The standard InChI is InChI=1S/C20H23N7O3/c1-27-16-7-6-14(19(29)23-15(16)11-21-27)22-20(30)18-24-17(25-26-18)10-13-4-2-12(3-5-13)8-9-28/h2-5,11,14,28H,6-10H2,1H3,(H,22,30)(H,23,29)(H,24,25,26). The van der Waals surface area contributed by atoms with Crippen LogP contribution in [0.2, 0.25) is 0 Å². The number of hydrogen-bond acceptors (Lipinski definition) is 6. The van der Waals surface area contributed by atoms with Crippen molar-refractivity contribution in [2.24, 2.45) is 7.05 Å². The molecule has 0 aliphatic carbocycles. The first kappa shape index (κ1) is 19.8. The lowest BCUT2D eigenvalue weighted by atomic mass is 10.1. The Labute approximate surface area is 172 Å². The van der Waals surface area contributed by atoms with E-state index < -0.39 is 11.9 Å². The monoisotopic (exact) mass is 409 g/mol.